The smallest absolute Gasteiger partial charge is 0.260 e. The van der Waals surface area contributed by atoms with Gasteiger partial charge in [-0.05, 0) is 42.8 Å². The van der Waals surface area contributed by atoms with E-state index in [4.69, 9.17) is 23.2 Å². The van der Waals surface area contributed by atoms with Gasteiger partial charge in [-0.25, -0.2) is 9.88 Å². The largest absolute Gasteiger partial charge is 0.301 e. The molecule has 0 saturated heterocycles. The minimum Gasteiger partial charge on any atom is -0.301 e. The highest BCUT2D eigenvalue weighted by Crippen LogP contribution is 2.42. The van der Waals surface area contributed by atoms with Crippen LogP contribution in [-0.4, -0.2) is 15.5 Å². The van der Waals surface area contributed by atoms with Crippen molar-refractivity contribution < 1.29 is 4.79 Å². The number of rotatable bonds is 3. The first-order chi connectivity index (χ1) is 12.4. The lowest BCUT2D eigenvalue weighted by atomic mass is 9.92. The Morgan fingerprint density at radius 3 is 2.42 bits per heavy atom. The Balaban J connectivity index is 1.79. The molecule has 7 heteroatoms. The molecular formula is C19H14BrCl2N3O. The zero-order valence-corrected chi connectivity index (χ0v) is 16.9. The van der Waals surface area contributed by atoms with E-state index in [1.165, 1.54) is 0 Å². The average Bonchev–Trinajstić information content (AvgIpc) is 3.12. The molecule has 0 spiro atoms. The topological polar surface area (TPSA) is 38.1 Å². The molecule has 0 aliphatic carbocycles. The van der Waals surface area contributed by atoms with E-state index in [-0.39, 0.29) is 5.91 Å². The minimum atomic E-state index is -0.783. The third kappa shape index (κ3) is 2.84. The number of amides is 1. The van der Waals surface area contributed by atoms with Gasteiger partial charge in [-0.15, -0.1) is 0 Å². The van der Waals surface area contributed by atoms with Crippen molar-refractivity contribution in [2.45, 2.75) is 18.9 Å². The third-order valence-electron chi connectivity index (χ3n) is 4.58. The SMILES string of the molecule is C[C@]1(Cc2ccc(Br)cc2)C(=O)N(c2cc(Cl)cc(Cl)c2)c2nccn21. The van der Waals surface area contributed by atoms with E-state index in [2.05, 4.69) is 20.9 Å². The van der Waals surface area contributed by atoms with E-state index in [0.717, 1.165) is 10.0 Å². The van der Waals surface area contributed by atoms with Gasteiger partial charge in [0.25, 0.3) is 5.91 Å². The third-order valence-corrected chi connectivity index (χ3v) is 5.55. The maximum Gasteiger partial charge on any atom is 0.260 e. The summed E-state index contributed by atoms with van der Waals surface area (Å²) in [4.78, 5) is 19.4. The Kier molecular flexibility index (Phi) is 4.34. The number of nitrogens with zero attached hydrogens (tertiary/aromatic N) is 3. The molecule has 132 valence electrons. The molecule has 0 bridgehead atoms. The van der Waals surface area contributed by atoms with E-state index in [0.29, 0.717) is 28.1 Å². The summed E-state index contributed by atoms with van der Waals surface area (Å²) in [5.41, 5.74) is 0.892. The Bertz CT molecular complexity index is 982. The number of halogens is 3. The normalized spacial score (nSPS) is 19.1. The summed E-state index contributed by atoms with van der Waals surface area (Å²) in [7, 11) is 0. The molecule has 1 aliphatic rings. The number of benzene rings is 2. The predicted molar refractivity (Wildman–Crippen MR) is 107 cm³/mol. The van der Waals surface area contributed by atoms with Crippen LogP contribution < -0.4 is 4.90 Å². The highest BCUT2D eigenvalue weighted by molar-refractivity contribution is 9.10. The van der Waals surface area contributed by atoms with E-state index in [9.17, 15) is 4.79 Å². The maximum absolute atomic E-state index is 13.4. The van der Waals surface area contributed by atoms with Gasteiger partial charge in [-0.2, -0.15) is 0 Å². The van der Waals surface area contributed by atoms with Crippen molar-refractivity contribution in [1.29, 1.82) is 0 Å². The summed E-state index contributed by atoms with van der Waals surface area (Å²) in [6.07, 6.45) is 4.08. The van der Waals surface area contributed by atoms with Crippen LogP contribution in [0.3, 0.4) is 0 Å². The second kappa shape index (κ2) is 6.41. The summed E-state index contributed by atoms with van der Waals surface area (Å²) in [5, 5.41) is 0.944. The highest BCUT2D eigenvalue weighted by Gasteiger charge is 2.48. The highest BCUT2D eigenvalue weighted by atomic mass is 79.9. The zero-order chi connectivity index (χ0) is 18.5. The quantitative estimate of drug-likeness (QED) is 0.521. The van der Waals surface area contributed by atoms with Gasteiger partial charge in [0, 0.05) is 33.3 Å². The minimum absolute atomic E-state index is 0.0677. The van der Waals surface area contributed by atoms with Gasteiger partial charge < -0.3 is 4.57 Å². The molecule has 3 aromatic rings. The van der Waals surface area contributed by atoms with Crippen molar-refractivity contribution in [2.75, 3.05) is 4.90 Å². The monoisotopic (exact) mass is 449 g/mol. The summed E-state index contributed by atoms with van der Waals surface area (Å²) in [6.45, 7) is 1.93. The number of hydrogen-bond acceptors (Lipinski definition) is 2. The van der Waals surface area contributed by atoms with E-state index in [1.807, 2.05) is 42.0 Å². The second-order valence-electron chi connectivity index (χ2n) is 6.44. The molecule has 1 amide bonds. The van der Waals surface area contributed by atoms with Crippen molar-refractivity contribution in [3.63, 3.8) is 0 Å². The first kappa shape index (κ1) is 17.6. The molecule has 2 heterocycles. The number of hydrogen-bond donors (Lipinski definition) is 0. The Morgan fingerprint density at radius 1 is 1.12 bits per heavy atom. The van der Waals surface area contributed by atoms with Gasteiger partial charge in [0.1, 0.15) is 5.54 Å². The van der Waals surface area contributed by atoms with Gasteiger partial charge in [-0.1, -0.05) is 51.3 Å². The first-order valence-electron chi connectivity index (χ1n) is 7.97. The molecular weight excluding hydrogens is 437 g/mol. The number of imidazole rings is 1. The van der Waals surface area contributed by atoms with Crippen LogP contribution in [0.1, 0.15) is 12.5 Å². The predicted octanol–water partition coefficient (Wildman–Crippen LogP) is 5.59. The Morgan fingerprint density at radius 2 is 1.77 bits per heavy atom. The molecule has 0 saturated carbocycles. The van der Waals surface area contributed by atoms with Crippen LogP contribution in [0.15, 0.2) is 59.3 Å². The Labute approximate surface area is 169 Å². The van der Waals surface area contributed by atoms with Gasteiger partial charge in [-0.3, -0.25) is 4.79 Å². The standard InChI is InChI=1S/C19H14BrCl2N3O/c1-19(11-12-2-4-13(20)5-3-12)17(26)25(18-23-6-7-24(18)19)16-9-14(21)8-15(22)10-16/h2-10H,11H2,1H3/t19-/m0/s1. The fourth-order valence-electron chi connectivity index (χ4n) is 3.34. The van der Waals surface area contributed by atoms with Gasteiger partial charge in [0.15, 0.2) is 0 Å². The van der Waals surface area contributed by atoms with Gasteiger partial charge in [0.05, 0.1) is 5.69 Å². The number of fused-ring (bicyclic) bond motifs is 1. The van der Waals surface area contributed by atoms with E-state index < -0.39 is 5.54 Å². The molecule has 0 N–H and O–H groups in total. The number of anilines is 2. The first-order valence-corrected chi connectivity index (χ1v) is 9.52. The molecule has 4 nitrogen and oxygen atoms in total. The fourth-order valence-corrected chi connectivity index (χ4v) is 4.12. The molecule has 0 radical (unpaired) electrons. The van der Waals surface area contributed by atoms with Crippen molar-refractivity contribution in [3.8, 4) is 0 Å². The molecule has 1 aromatic heterocycles. The number of carbonyl (C=O) groups is 1. The van der Waals surface area contributed by atoms with Gasteiger partial charge in [0.2, 0.25) is 5.95 Å². The van der Waals surface area contributed by atoms with Crippen molar-refractivity contribution >= 4 is 56.7 Å². The number of carbonyl (C=O) groups excluding carboxylic acids is 1. The Hall–Kier alpha value is -1.82. The molecule has 1 aliphatic heterocycles. The van der Waals surface area contributed by atoms with E-state index >= 15 is 0 Å². The van der Waals surface area contributed by atoms with Crippen molar-refractivity contribution in [2.24, 2.45) is 0 Å². The second-order valence-corrected chi connectivity index (χ2v) is 8.23. The zero-order valence-electron chi connectivity index (χ0n) is 13.8. The lowest BCUT2D eigenvalue weighted by molar-refractivity contribution is -0.123. The summed E-state index contributed by atoms with van der Waals surface area (Å²) in [6, 6.07) is 13.0. The van der Waals surface area contributed by atoms with Crippen LogP contribution in [0.4, 0.5) is 11.6 Å². The average molecular weight is 451 g/mol. The lowest BCUT2D eigenvalue weighted by Crippen LogP contribution is -2.40. The lowest BCUT2D eigenvalue weighted by Gasteiger charge is -2.25. The van der Waals surface area contributed by atoms with Crippen LogP contribution in [0.2, 0.25) is 10.0 Å². The van der Waals surface area contributed by atoms with Crippen LogP contribution in [-0.2, 0) is 16.8 Å². The summed E-state index contributed by atoms with van der Waals surface area (Å²) < 4.78 is 2.91. The molecule has 26 heavy (non-hydrogen) atoms. The van der Waals surface area contributed by atoms with Crippen LogP contribution in [0.25, 0.3) is 0 Å². The maximum atomic E-state index is 13.4. The van der Waals surface area contributed by atoms with Crippen LogP contribution in [0.5, 0.6) is 0 Å². The molecule has 0 unspecified atom stereocenters. The summed E-state index contributed by atoms with van der Waals surface area (Å²) >= 11 is 15.7. The molecule has 1 atom stereocenters. The fraction of sp³-hybridized carbons (Fsp3) is 0.158. The summed E-state index contributed by atoms with van der Waals surface area (Å²) in [5.74, 6) is 0.495. The van der Waals surface area contributed by atoms with Crippen LogP contribution >= 0.6 is 39.1 Å². The molecule has 2 aromatic carbocycles. The van der Waals surface area contributed by atoms with Crippen molar-refractivity contribution in [3.05, 3.63) is 74.9 Å². The van der Waals surface area contributed by atoms with Gasteiger partial charge >= 0.3 is 0 Å². The van der Waals surface area contributed by atoms with Crippen molar-refractivity contribution in [1.82, 2.24) is 9.55 Å². The molecule has 0 fully saturated rings. The number of aromatic nitrogens is 2. The molecule has 4 rings (SSSR count). The van der Waals surface area contributed by atoms with Crippen LogP contribution in [0, 0.1) is 0 Å². The van der Waals surface area contributed by atoms with E-state index in [1.54, 1.807) is 29.3 Å².